The first-order valence-electron chi connectivity index (χ1n) is 6.99. The maximum Gasteiger partial charge on any atom is 0.273 e. The first kappa shape index (κ1) is 13.4. The molecule has 0 atom stereocenters. The number of benzene rings is 1. The van der Waals surface area contributed by atoms with E-state index in [-0.39, 0.29) is 11.4 Å². The van der Waals surface area contributed by atoms with Crippen LogP contribution in [-0.4, -0.2) is 20.2 Å². The predicted molar refractivity (Wildman–Crippen MR) is 85.3 cm³/mol. The summed E-state index contributed by atoms with van der Waals surface area (Å²) in [6, 6.07) is 11.5. The smallest absolute Gasteiger partial charge is 0.273 e. The van der Waals surface area contributed by atoms with Crippen molar-refractivity contribution in [1.29, 1.82) is 0 Å². The lowest BCUT2D eigenvalue weighted by molar-refractivity contribution is 0.630. The second kappa shape index (κ2) is 5.17. The number of nitrogens with zero attached hydrogens (tertiary/aromatic N) is 2. The molecule has 0 bridgehead atoms. The van der Waals surface area contributed by atoms with E-state index >= 15 is 0 Å². The molecule has 0 radical (unpaired) electrons. The third-order valence-corrected chi connectivity index (χ3v) is 3.65. The van der Waals surface area contributed by atoms with Gasteiger partial charge in [0.25, 0.3) is 5.56 Å². The molecule has 112 valence electrons. The van der Waals surface area contributed by atoms with Gasteiger partial charge in [0, 0.05) is 28.9 Å². The molecule has 0 amide bonds. The van der Waals surface area contributed by atoms with Crippen molar-refractivity contribution in [1.82, 2.24) is 20.2 Å². The number of halogens is 1. The molecule has 0 fully saturated rings. The molecule has 0 saturated carbocycles. The summed E-state index contributed by atoms with van der Waals surface area (Å²) in [5, 5.41) is 7.27. The van der Waals surface area contributed by atoms with Gasteiger partial charge in [0.05, 0.1) is 17.0 Å². The van der Waals surface area contributed by atoms with Gasteiger partial charge in [0.1, 0.15) is 5.82 Å². The minimum atomic E-state index is -0.316. The lowest BCUT2D eigenvalue weighted by Crippen LogP contribution is -2.11. The zero-order valence-electron chi connectivity index (χ0n) is 11.9. The van der Waals surface area contributed by atoms with E-state index in [0.717, 1.165) is 11.1 Å². The minimum absolute atomic E-state index is 0.310. The van der Waals surface area contributed by atoms with Crippen LogP contribution in [0.2, 0.25) is 0 Å². The van der Waals surface area contributed by atoms with E-state index in [1.54, 1.807) is 30.6 Å². The number of aromatic amines is 2. The highest BCUT2D eigenvalue weighted by Crippen LogP contribution is 2.24. The van der Waals surface area contributed by atoms with Gasteiger partial charge in [-0.25, -0.2) is 9.49 Å². The van der Waals surface area contributed by atoms with Gasteiger partial charge in [0.15, 0.2) is 0 Å². The SMILES string of the molecule is O=c1[nH]nc(-c2ccncc2)cc1-c1cc2cc(F)ccc2[nH]1. The van der Waals surface area contributed by atoms with Crippen LogP contribution in [0.15, 0.2) is 59.7 Å². The molecule has 6 heteroatoms. The molecule has 0 spiro atoms. The fraction of sp³-hybridized carbons (Fsp3) is 0. The Labute approximate surface area is 129 Å². The van der Waals surface area contributed by atoms with Crippen molar-refractivity contribution >= 4 is 10.9 Å². The topological polar surface area (TPSA) is 74.4 Å². The summed E-state index contributed by atoms with van der Waals surface area (Å²) in [6.07, 6.45) is 3.32. The van der Waals surface area contributed by atoms with E-state index in [4.69, 9.17) is 0 Å². The van der Waals surface area contributed by atoms with Crippen LogP contribution in [-0.2, 0) is 0 Å². The molecular weight excluding hydrogens is 295 g/mol. The van der Waals surface area contributed by atoms with Gasteiger partial charge < -0.3 is 4.98 Å². The lowest BCUT2D eigenvalue weighted by atomic mass is 10.1. The molecular formula is C17H11FN4O. The van der Waals surface area contributed by atoms with Crippen LogP contribution < -0.4 is 5.56 Å². The van der Waals surface area contributed by atoms with Crippen molar-refractivity contribution in [2.24, 2.45) is 0 Å². The number of aromatic nitrogens is 4. The van der Waals surface area contributed by atoms with Gasteiger partial charge in [0.2, 0.25) is 0 Å². The number of hydrogen-bond acceptors (Lipinski definition) is 3. The van der Waals surface area contributed by atoms with E-state index in [0.29, 0.717) is 22.3 Å². The van der Waals surface area contributed by atoms with Crippen LogP contribution in [0.3, 0.4) is 0 Å². The van der Waals surface area contributed by atoms with Gasteiger partial charge in [-0.2, -0.15) is 5.10 Å². The van der Waals surface area contributed by atoms with Crippen LogP contribution in [0.1, 0.15) is 0 Å². The molecule has 0 unspecified atom stereocenters. The maximum absolute atomic E-state index is 13.3. The number of H-pyrrole nitrogens is 2. The third-order valence-electron chi connectivity index (χ3n) is 3.65. The van der Waals surface area contributed by atoms with E-state index in [1.165, 1.54) is 12.1 Å². The molecule has 0 aliphatic rings. The predicted octanol–water partition coefficient (Wildman–Crippen LogP) is 3.12. The fourth-order valence-corrected chi connectivity index (χ4v) is 2.52. The minimum Gasteiger partial charge on any atom is -0.354 e. The number of nitrogens with one attached hydrogen (secondary N) is 2. The van der Waals surface area contributed by atoms with Crippen LogP contribution in [0.5, 0.6) is 0 Å². The van der Waals surface area contributed by atoms with Crippen LogP contribution in [0, 0.1) is 5.82 Å². The highest BCUT2D eigenvalue weighted by molar-refractivity contribution is 5.86. The van der Waals surface area contributed by atoms with Gasteiger partial charge in [-0.3, -0.25) is 9.78 Å². The van der Waals surface area contributed by atoms with E-state index in [9.17, 15) is 9.18 Å². The normalized spacial score (nSPS) is 11.0. The van der Waals surface area contributed by atoms with Gasteiger partial charge in [-0.1, -0.05) is 0 Å². The molecule has 23 heavy (non-hydrogen) atoms. The Morgan fingerprint density at radius 2 is 1.83 bits per heavy atom. The molecule has 1 aromatic carbocycles. The molecule has 0 aliphatic carbocycles. The zero-order chi connectivity index (χ0) is 15.8. The standard InChI is InChI=1S/C17H11FN4O/c18-12-1-2-14-11(7-12)8-16(20-14)13-9-15(21-22-17(13)23)10-3-5-19-6-4-10/h1-9,20H,(H,22,23). The molecule has 3 heterocycles. The van der Waals surface area contributed by atoms with E-state index < -0.39 is 0 Å². The largest absolute Gasteiger partial charge is 0.354 e. The first-order chi connectivity index (χ1) is 11.2. The molecule has 3 aromatic heterocycles. The third kappa shape index (κ3) is 2.40. The van der Waals surface area contributed by atoms with Crippen LogP contribution in [0.4, 0.5) is 4.39 Å². The summed E-state index contributed by atoms with van der Waals surface area (Å²) in [5.74, 6) is -0.316. The Balaban J connectivity index is 1.88. The Hall–Kier alpha value is -3.28. The van der Waals surface area contributed by atoms with Crippen molar-refractivity contribution in [3.8, 4) is 22.5 Å². The number of rotatable bonds is 2. The average Bonchev–Trinajstić information content (AvgIpc) is 2.99. The van der Waals surface area contributed by atoms with Gasteiger partial charge in [-0.15, -0.1) is 0 Å². The highest BCUT2D eigenvalue weighted by Gasteiger charge is 2.10. The quantitative estimate of drug-likeness (QED) is 0.597. The summed E-state index contributed by atoms with van der Waals surface area (Å²) in [6.45, 7) is 0. The molecule has 5 nitrogen and oxygen atoms in total. The second-order valence-corrected chi connectivity index (χ2v) is 5.15. The molecule has 4 rings (SSSR count). The van der Waals surface area contributed by atoms with E-state index in [2.05, 4.69) is 20.2 Å². The summed E-state index contributed by atoms with van der Waals surface area (Å²) >= 11 is 0. The number of fused-ring (bicyclic) bond motifs is 1. The summed E-state index contributed by atoms with van der Waals surface area (Å²) in [4.78, 5) is 19.2. The Bertz CT molecular complexity index is 1050. The van der Waals surface area contributed by atoms with Crippen molar-refractivity contribution in [3.63, 3.8) is 0 Å². The van der Waals surface area contributed by atoms with Gasteiger partial charge in [-0.05, 0) is 42.5 Å². The second-order valence-electron chi connectivity index (χ2n) is 5.15. The molecule has 4 aromatic rings. The fourth-order valence-electron chi connectivity index (χ4n) is 2.52. The zero-order valence-corrected chi connectivity index (χ0v) is 11.9. The molecule has 0 aliphatic heterocycles. The first-order valence-corrected chi connectivity index (χ1v) is 6.99. The van der Waals surface area contributed by atoms with Gasteiger partial charge >= 0.3 is 0 Å². The Morgan fingerprint density at radius 3 is 2.65 bits per heavy atom. The van der Waals surface area contributed by atoms with Crippen molar-refractivity contribution in [2.45, 2.75) is 0 Å². The summed E-state index contributed by atoms with van der Waals surface area (Å²) in [7, 11) is 0. The number of pyridine rings is 1. The number of hydrogen-bond donors (Lipinski definition) is 2. The molecule has 2 N–H and O–H groups in total. The average molecular weight is 306 g/mol. The lowest BCUT2D eigenvalue weighted by Gasteiger charge is -2.02. The summed E-state index contributed by atoms with van der Waals surface area (Å²) < 4.78 is 13.3. The monoisotopic (exact) mass is 306 g/mol. The molecule has 0 saturated heterocycles. The van der Waals surface area contributed by atoms with Crippen molar-refractivity contribution in [3.05, 3.63) is 71.0 Å². The van der Waals surface area contributed by atoms with Crippen molar-refractivity contribution in [2.75, 3.05) is 0 Å². The Kier molecular flexibility index (Phi) is 3.01. The van der Waals surface area contributed by atoms with Crippen molar-refractivity contribution < 1.29 is 4.39 Å². The summed E-state index contributed by atoms with van der Waals surface area (Å²) in [5.41, 5.74) is 3.00. The van der Waals surface area contributed by atoms with Crippen LogP contribution in [0.25, 0.3) is 33.4 Å². The van der Waals surface area contributed by atoms with E-state index in [1.807, 2.05) is 12.1 Å². The Morgan fingerprint density at radius 1 is 1.00 bits per heavy atom. The highest BCUT2D eigenvalue weighted by atomic mass is 19.1. The van der Waals surface area contributed by atoms with Crippen LogP contribution >= 0.6 is 0 Å². The maximum atomic E-state index is 13.3.